The number of carbonyl (C=O) groups is 3. The van der Waals surface area contributed by atoms with Gasteiger partial charge >= 0.3 is 5.97 Å². The van der Waals surface area contributed by atoms with Gasteiger partial charge in [-0.1, -0.05) is 0 Å². The van der Waals surface area contributed by atoms with E-state index in [1.54, 1.807) is 6.07 Å². The van der Waals surface area contributed by atoms with Crippen molar-refractivity contribution in [3.05, 3.63) is 68.4 Å². The van der Waals surface area contributed by atoms with Crippen molar-refractivity contribution in [3.63, 3.8) is 0 Å². The maximum absolute atomic E-state index is 13.2. The summed E-state index contributed by atoms with van der Waals surface area (Å²) in [6.45, 7) is -11.8. The molecule has 0 atom stereocenters. The van der Waals surface area contributed by atoms with E-state index in [1.807, 2.05) is 0 Å². The molecule has 0 bridgehead atoms. The van der Waals surface area contributed by atoms with Gasteiger partial charge in [0.1, 0.15) is 64.8 Å². The van der Waals surface area contributed by atoms with Crippen LogP contribution in [-0.4, -0.2) is 106 Å². The van der Waals surface area contributed by atoms with E-state index < -0.39 is 106 Å². The van der Waals surface area contributed by atoms with Gasteiger partial charge in [0.05, 0.1) is 48.7 Å². The largest absolute Gasteiger partial charge is 0.491 e. The van der Waals surface area contributed by atoms with Crippen molar-refractivity contribution in [3.8, 4) is 23.3 Å². The van der Waals surface area contributed by atoms with Gasteiger partial charge in [0.2, 0.25) is 11.8 Å². The number of carboxylic acids is 1. The number of amides is 2. The lowest BCUT2D eigenvalue weighted by atomic mass is 9.92. The molecule has 0 saturated carbocycles. The zero-order valence-corrected chi connectivity index (χ0v) is 36.6. The molecular formula is C40H47Br2F6N7O7. The second kappa shape index (κ2) is 22.6. The molecule has 0 aliphatic carbocycles. The Morgan fingerprint density at radius 3 is 1.55 bits per heavy atom. The van der Waals surface area contributed by atoms with E-state index in [0.29, 0.717) is 19.8 Å². The van der Waals surface area contributed by atoms with Crippen molar-refractivity contribution in [2.75, 3.05) is 39.2 Å². The third-order valence-corrected chi connectivity index (χ3v) is 9.75. The maximum Gasteiger partial charge on any atom is 0.314 e. The molecule has 3 aromatic heterocycles. The Kier molecular flexibility index (Phi) is 13.0. The SMILES string of the molecule is CC(C)(C(=O)O)C(F)F.[2H]C1([2H])NCc2cncc(Br)c2OC1([2H])[2H].[2H]C1([2H])Oc2c(Br)cncc2CN(C(=O)C(C)(C)C(F)F)C1([2H])[2H].[2H]C1([2H])Oc2c(C#N)cncc2CN(C(=O)C(C)(C)C(F)F)C1([2H])[2H]. The maximum atomic E-state index is 13.2. The lowest BCUT2D eigenvalue weighted by Gasteiger charge is -2.30. The van der Waals surface area contributed by atoms with E-state index in [-0.39, 0.29) is 45.0 Å². The molecular weight excluding hydrogens is 964 g/mol. The quantitative estimate of drug-likeness (QED) is 0.233. The number of ether oxygens (including phenoxy) is 3. The predicted molar refractivity (Wildman–Crippen MR) is 219 cm³/mol. The highest BCUT2D eigenvalue weighted by molar-refractivity contribution is 9.10. The van der Waals surface area contributed by atoms with Crippen LogP contribution in [0.4, 0.5) is 26.3 Å². The molecule has 0 saturated heterocycles. The highest BCUT2D eigenvalue weighted by atomic mass is 79.9. The first kappa shape index (κ1) is 35.7. The van der Waals surface area contributed by atoms with Crippen LogP contribution in [0.25, 0.3) is 0 Å². The van der Waals surface area contributed by atoms with Crippen molar-refractivity contribution in [1.29, 1.82) is 5.26 Å². The number of rotatable bonds is 6. The number of nitrogens with zero attached hydrogens (tertiary/aromatic N) is 6. The summed E-state index contributed by atoms with van der Waals surface area (Å²) in [7, 11) is 0. The first-order chi connectivity index (χ1) is 33.4. The Morgan fingerprint density at radius 2 is 1.11 bits per heavy atom. The van der Waals surface area contributed by atoms with Crippen molar-refractivity contribution in [1.82, 2.24) is 30.1 Å². The number of aromatic nitrogens is 3. The van der Waals surface area contributed by atoms with Crippen molar-refractivity contribution in [2.45, 2.75) is 80.5 Å². The number of nitriles is 1. The summed E-state index contributed by atoms with van der Waals surface area (Å²) in [5.41, 5.74) is -5.64. The molecule has 0 spiro atoms. The van der Waals surface area contributed by atoms with Crippen LogP contribution in [-0.2, 0) is 34.0 Å². The average molecular weight is 1020 g/mol. The summed E-state index contributed by atoms with van der Waals surface area (Å²) < 4.78 is 186. The fraction of sp³-hybridized carbons (Fsp3) is 0.525. The standard InChI is InChI=1S/C14H15F2N3O2.C13H15BrF2N2O2.C8H9BrN2O.C5H8F2O2/c1-14(2,12(15)16)13(20)19-3-4-21-11-9(5-17)6-18-7-10(11)8-19;1-13(2,11(15)16)12(19)18-3-4-20-10-8(7-18)5-17-6-9(10)14;9-7-5-11-4-6-3-10-1-2-12-8(6)7;1-5(2,3(6)7)4(8)9/h6-7,12H,3-4,8H2,1-2H3;5-6,11H,3-4,7H2,1-2H3;4-5,10H,1-3H2;3H,1-2H3,(H,8,9)/i2*3D2,4D2;1D2,2D2;. The van der Waals surface area contributed by atoms with Crippen LogP contribution in [0.2, 0.25) is 0 Å². The van der Waals surface area contributed by atoms with Gasteiger partial charge < -0.3 is 34.4 Å². The second-order valence-corrected chi connectivity index (χ2v) is 16.2. The average Bonchev–Trinajstić information content (AvgIpc) is 3.47. The molecule has 0 unspecified atom stereocenters. The van der Waals surface area contributed by atoms with Crippen LogP contribution < -0.4 is 19.5 Å². The summed E-state index contributed by atoms with van der Waals surface area (Å²) in [6.07, 6.45) is -1.08. The Bertz CT molecular complexity index is 2620. The minimum atomic E-state index is -3.09. The number of nitrogens with one attached hydrogen (secondary N) is 1. The fourth-order valence-corrected chi connectivity index (χ4v) is 5.26. The molecule has 0 fully saturated rings. The number of alkyl halides is 6. The summed E-state index contributed by atoms with van der Waals surface area (Å²) in [5.74, 6) is -3.98. The third kappa shape index (κ3) is 13.1. The van der Waals surface area contributed by atoms with Gasteiger partial charge in [-0.15, -0.1) is 0 Å². The third-order valence-electron chi connectivity index (χ3n) is 8.62. The van der Waals surface area contributed by atoms with Crippen LogP contribution in [0.3, 0.4) is 0 Å². The highest BCUT2D eigenvalue weighted by Gasteiger charge is 2.42. The molecule has 22 heteroatoms. The molecule has 3 aliphatic heterocycles. The molecule has 340 valence electrons. The zero-order chi connectivity index (χ0) is 57.3. The summed E-state index contributed by atoms with van der Waals surface area (Å²) in [4.78, 5) is 47.5. The Balaban J connectivity index is 0.000000275. The lowest BCUT2D eigenvalue weighted by Crippen LogP contribution is -2.45. The number of hydrogen-bond acceptors (Lipinski definition) is 11. The van der Waals surface area contributed by atoms with Gasteiger partial charge in [-0.05, 0) is 73.4 Å². The molecule has 0 aromatic carbocycles. The first-order valence-corrected chi connectivity index (χ1v) is 19.1. The molecule has 3 aromatic rings. The van der Waals surface area contributed by atoms with Crippen molar-refractivity contribution < 1.29 is 76.5 Å². The smallest absolute Gasteiger partial charge is 0.314 e. The van der Waals surface area contributed by atoms with Crippen LogP contribution >= 0.6 is 31.9 Å². The number of halogens is 8. The number of pyridine rings is 3. The normalized spacial score (nSPS) is 22.7. The number of fused-ring (bicyclic) bond motifs is 3. The first-order valence-electron chi connectivity index (χ1n) is 23.6. The minimum absolute atomic E-state index is 0.0240. The molecule has 2 amide bonds. The second-order valence-electron chi connectivity index (χ2n) is 14.5. The molecule has 6 rings (SSSR count). The molecule has 3 aliphatic rings. The van der Waals surface area contributed by atoms with Gasteiger partial charge in [0, 0.05) is 69.7 Å². The van der Waals surface area contributed by atoms with Crippen LogP contribution in [0.5, 0.6) is 17.2 Å². The number of hydrogen-bond donors (Lipinski definition) is 2. The van der Waals surface area contributed by atoms with E-state index in [2.05, 4.69) is 52.1 Å². The van der Waals surface area contributed by atoms with E-state index in [4.69, 9.17) is 41.0 Å². The molecule has 14 nitrogen and oxygen atoms in total. The summed E-state index contributed by atoms with van der Waals surface area (Å²) in [6, 6.07) is 1.74. The number of carbonyl (C=O) groups excluding carboxylic acids is 2. The van der Waals surface area contributed by atoms with E-state index >= 15 is 0 Å². The number of carboxylic acid groups (broad SMARTS) is 1. The predicted octanol–water partition coefficient (Wildman–Crippen LogP) is 7.51. The fourth-order valence-electron chi connectivity index (χ4n) is 4.35. The van der Waals surface area contributed by atoms with Crippen molar-refractivity contribution >= 4 is 49.6 Å². The van der Waals surface area contributed by atoms with E-state index in [1.165, 1.54) is 31.0 Å². The van der Waals surface area contributed by atoms with Gasteiger partial charge in [0.25, 0.3) is 19.3 Å². The van der Waals surface area contributed by atoms with Crippen LogP contribution in [0, 0.1) is 27.6 Å². The lowest BCUT2D eigenvalue weighted by molar-refractivity contribution is -0.155. The van der Waals surface area contributed by atoms with Gasteiger partial charge in [-0.25, -0.2) is 26.3 Å². The van der Waals surface area contributed by atoms with E-state index in [9.17, 15) is 40.7 Å². The van der Waals surface area contributed by atoms with Gasteiger partial charge in [0.15, 0.2) is 0 Å². The van der Waals surface area contributed by atoms with E-state index in [0.717, 1.165) is 47.7 Å². The Labute approximate surface area is 388 Å². The number of aliphatic carboxylic acids is 1. The molecule has 6 heterocycles. The van der Waals surface area contributed by atoms with Gasteiger partial charge in [-0.3, -0.25) is 29.3 Å². The minimum Gasteiger partial charge on any atom is -0.491 e. The molecule has 2 N–H and O–H groups in total. The summed E-state index contributed by atoms with van der Waals surface area (Å²) >= 11 is 6.33. The Hall–Kier alpha value is -4.75. The van der Waals surface area contributed by atoms with Crippen LogP contribution in [0.15, 0.2) is 46.1 Å². The summed E-state index contributed by atoms with van der Waals surface area (Å²) in [5, 5.41) is 19.7. The molecule has 0 radical (unpaired) electrons. The van der Waals surface area contributed by atoms with Crippen molar-refractivity contribution in [2.24, 2.45) is 16.2 Å². The van der Waals surface area contributed by atoms with Crippen LogP contribution in [0.1, 0.15) is 80.2 Å². The monoisotopic (exact) mass is 1020 g/mol. The Morgan fingerprint density at radius 1 is 0.710 bits per heavy atom. The topological polar surface area (TPSA) is 180 Å². The zero-order valence-electron chi connectivity index (χ0n) is 45.4. The molecule has 62 heavy (non-hydrogen) atoms. The van der Waals surface area contributed by atoms with Gasteiger partial charge in [-0.2, -0.15) is 5.26 Å². The highest BCUT2D eigenvalue weighted by Crippen LogP contribution is 2.35.